The molecule has 2 aromatic heterocycles. The number of nitrogens with one attached hydrogen (secondary N) is 2. The summed E-state index contributed by atoms with van der Waals surface area (Å²) in [6.45, 7) is 2.54. The van der Waals surface area contributed by atoms with E-state index in [1.54, 1.807) is 6.07 Å². The number of nitrogens with zero attached hydrogens (tertiary/aromatic N) is 3. The van der Waals surface area contributed by atoms with Crippen molar-refractivity contribution in [2.24, 2.45) is 0 Å². The standard InChI is InChI=1S/C22H21N5O2/c1-13(19-14-7-2-3-8-15(14)21(28)26-25-19)22(29)27-12-6-11-18(27)20-23-16-9-4-5-10-17(16)24-20/h2-5,7-10,13,18H,6,11-12H2,1H3,(H,23,24)(H,26,28)/t13-,18-/m0/s1. The lowest BCUT2D eigenvalue weighted by molar-refractivity contribution is -0.133. The maximum Gasteiger partial charge on any atom is 0.272 e. The van der Waals surface area contributed by atoms with Crippen LogP contribution in [0.2, 0.25) is 0 Å². The van der Waals surface area contributed by atoms with E-state index in [9.17, 15) is 9.59 Å². The zero-order valence-electron chi connectivity index (χ0n) is 16.1. The number of hydrogen-bond donors (Lipinski definition) is 2. The van der Waals surface area contributed by atoms with Crippen LogP contribution in [0.4, 0.5) is 0 Å². The second kappa shape index (κ2) is 6.84. The summed E-state index contributed by atoms with van der Waals surface area (Å²) in [5.74, 6) is 0.350. The first-order valence-electron chi connectivity index (χ1n) is 9.86. The molecular weight excluding hydrogens is 366 g/mol. The van der Waals surface area contributed by atoms with Crippen LogP contribution in [0.3, 0.4) is 0 Å². The summed E-state index contributed by atoms with van der Waals surface area (Å²) >= 11 is 0. The first kappa shape index (κ1) is 17.6. The van der Waals surface area contributed by atoms with Crippen molar-refractivity contribution in [3.8, 4) is 0 Å². The van der Waals surface area contributed by atoms with Crippen molar-refractivity contribution < 1.29 is 4.79 Å². The van der Waals surface area contributed by atoms with E-state index in [-0.39, 0.29) is 17.5 Å². The van der Waals surface area contributed by atoms with Gasteiger partial charge in [-0.2, -0.15) is 5.10 Å². The molecule has 1 amide bonds. The number of para-hydroxylation sites is 2. The first-order chi connectivity index (χ1) is 14.1. The highest BCUT2D eigenvalue weighted by molar-refractivity contribution is 5.91. The number of carbonyl (C=O) groups is 1. The lowest BCUT2D eigenvalue weighted by Crippen LogP contribution is -2.35. The molecule has 1 aliphatic rings. The number of imidazole rings is 1. The monoisotopic (exact) mass is 387 g/mol. The Bertz CT molecular complexity index is 1240. The highest BCUT2D eigenvalue weighted by atomic mass is 16.2. The lowest BCUT2D eigenvalue weighted by Gasteiger charge is -2.26. The number of hydrogen-bond acceptors (Lipinski definition) is 4. The second-order valence-electron chi connectivity index (χ2n) is 7.53. The predicted octanol–water partition coefficient (Wildman–Crippen LogP) is 3.27. The minimum absolute atomic E-state index is 0.00217. The third kappa shape index (κ3) is 2.90. The van der Waals surface area contributed by atoms with Crippen molar-refractivity contribution in [1.29, 1.82) is 0 Å². The summed E-state index contributed by atoms with van der Waals surface area (Å²) in [5, 5.41) is 8.03. The van der Waals surface area contributed by atoms with Crippen LogP contribution in [0.25, 0.3) is 21.8 Å². The van der Waals surface area contributed by atoms with E-state index >= 15 is 0 Å². The van der Waals surface area contributed by atoms with Crippen LogP contribution in [0, 0.1) is 0 Å². The van der Waals surface area contributed by atoms with Crippen molar-refractivity contribution in [1.82, 2.24) is 25.1 Å². The van der Waals surface area contributed by atoms with E-state index in [1.165, 1.54) is 0 Å². The highest BCUT2D eigenvalue weighted by Crippen LogP contribution is 2.34. The molecule has 1 aliphatic heterocycles. The van der Waals surface area contributed by atoms with Crippen molar-refractivity contribution in [3.63, 3.8) is 0 Å². The molecule has 7 heteroatoms. The normalized spacial score (nSPS) is 17.8. The Labute approximate surface area is 166 Å². The molecule has 7 nitrogen and oxygen atoms in total. The molecular formula is C22H21N5O2. The summed E-state index contributed by atoms with van der Waals surface area (Å²) < 4.78 is 0. The number of benzene rings is 2. The largest absolute Gasteiger partial charge is 0.340 e. The molecule has 146 valence electrons. The smallest absolute Gasteiger partial charge is 0.272 e. The van der Waals surface area contributed by atoms with Gasteiger partial charge in [-0.25, -0.2) is 10.1 Å². The van der Waals surface area contributed by atoms with Gasteiger partial charge in [0.15, 0.2) is 0 Å². The van der Waals surface area contributed by atoms with E-state index in [0.29, 0.717) is 17.6 Å². The van der Waals surface area contributed by atoms with Gasteiger partial charge in [-0.15, -0.1) is 0 Å². The zero-order chi connectivity index (χ0) is 20.0. The fourth-order valence-electron chi connectivity index (χ4n) is 4.28. The zero-order valence-corrected chi connectivity index (χ0v) is 16.1. The van der Waals surface area contributed by atoms with Gasteiger partial charge in [0, 0.05) is 11.9 Å². The number of aromatic nitrogens is 4. The van der Waals surface area contributed by atoms with Crippen LogP contribution in [0.1, 0.15) is 43.2 Å². The molecule has 0 spiro atoms. The van der Waals surface area contributed by atoms with Gasteiger partial charge in [-0.05, 0) is 38.0 Å². The molecule has 0 saturated carbocycles. The van der Waals surface area contributed by atoms with Crippen LogP contribution in [-0.2, 0) is 4.79 Å². The number of carbonyl (C=O) groups excluding carboxylic acids is 1. The summed E-state index contributed by atoms with van der Waals surface area (Å²) in [6, 6.07) is 15.1. The maximum absolute atomic E-state index is 13.4. The topological polar surface area (TPSA) is 94.7 Å². The Morgan fingerprint density at radius 3 is 2.72 bits per heavy atom. The Morgan fingerprint density at radius 2 is 1.90 bits per heavy atom. The van der Waals surface area contributed by atoms with Gasteiger partial charge in [-0.3, -0.25) is 9.59 Å². The molecule has 0 radical (unpaired) electrons. The second-order valence-corrected chi connectivity index (χ2v) is 7.53. The van der Waals surface area contributed by atoms with E-state index in [4.69, 9.17) is 4.98 Å². The fraction of sp³-hybridized carbons (Fsp3) is 0.273. The molecule has 2 atom stereocenters. The van der Waals surface area contributed by atoms with Crippen molar-refractivity contribution in [2.75, 3.05) is 6.54 Å². The van der Waals surface area contributed by atoms with Crippen molar-refractivity contribution in [3.05, 3.63) is 70.4 Å². The Morgan fingerprint density at radius 1 is 1.14 bits per heavy atom. The molecule has 5 rings (SSSR count). The van der Waals surface area contributed by atoms with Crippen LogP contribution in [0.15, 0.2) is 53.3 Å². The Kier molecular flexibility index (Phi) is 4.16. The minimum Gasteiger partial charge on any atom is -0.340 e. The summed E-state index contributed by atoms with van der Waals surface area (Å²) in [6.07, 6.45) is 1.80. The SMILES string of the molecule is C[C@H](C(=O)N1CCC[C@H]1c1nc2ccccc2[nH]1)c1n[nH]c(=O)c2ccccc12. The molecule has 0 unspecified atom stereocenters. The number of aromatic amines is 2. The number of likely N-dealkylation sites (tertiary alicyclic amines) is 1. The van der Waals surface area contributed by atoms with Gasteiger partial charge in [0.05, 0.1) is 34.1 Å². The van der Waals surface area contributed by atoms with E-state index in [2.05, 4.69) is 15.2 Å². The van der Waals surface area contributed by atoms with E-state index < -0.39 is 5.92 Å². The number of fused-ring (bicyclic) bond motifs is 2. The van der Waals surface area contributed by atoms with Gasteiger partial charge >= 0.3 is 0 Å². The third-order valence-electron chi connectivity index (χ3n) is 5.77. The maximum atomic E-state index is 13.4. The quantitative estimate of drug-likeness (QED) is 0.564. The van der Waals surface area contributed by atoms with Crippen LogP contribution in [0.5, 0.6) is 0 Å². The van der Waals surface area contributed by atoms with Crippen LogP contribution < -0.4 is 5.56 Å². The average molecular weight is 387 g/mol. The van der Waals surface area contributed by atoms with Crippen LogP contribution in [-0.4, -0.2) is 37.5 Å². The molecule has 2 aromatic carbocycles. The number of rotatable bonds is 3. The molecule has 1 fully saturated rings. The first-order valence-corrected chi connectivity index (χ1v) is 9.86. The predicted molar refractivity (Wildman–Crippen MR) is 111 cm³/mol. The molecule has 1 saturated heterocycles. The van der Waals surface area contributed by atoms with E-state index in [1.807, 2.05) is 54.3 Å². The molecule has 2 N–H and O–H groups in total. The summed E-state index contributed by atoms with van der Waals surface area (Å²) in [5.41, 5.74) is 2.23. The number of amides is 1. The highest BCUT2D eigenvalue weighted by Gasteiger charge is 2.35. The van der Waals surface area contributed by atoms with Crippen LogP contribution >= 0.6 is 0 Å². The lowest BCUT2D eigenvalue weighted by atomic mass is 10.00. The van der Waals surface area contributed by atoms with Gasteiger partial charge < -0.3 is 9.88 Å². The average Bonchev–Trinajstić information content (AvgIpc) is 3.40. The van der Waals surface area contributed by atoms with Gasteiger partial charge in [-0.1, -0.05) is 30.3 Å². The third-order valence-corrected chi connectivity index (χ3v) is 5.77. The minimum atomic E-state index is -0.471. The van der Waals surface area contributed by atoms with Gasteiger partial charge in [0.2, 0.25) is 5.91 Å². The summed E-state index contributed by atoms with van der Waals surface area (Å²) in [7, 11) is 0. The molecule has 29 heavy (non-hydrogen) atoms. The fourth-order valence-corrected chi connectivity index (χ4v) is 4.28. The molecule has 0 aliphatic carbocycles. The van der Waals surface area contributed by atoms with E-state index in [0.717, 1.165) is 35.1 Å². The van der Waals surface area contributed by atoms with Crippen molar-refractivity contribution in [2.45, 2.75) is 31.7 Å². The molecule has 0 bridgehead atoms. The molecule has 4 aromatic rings. The van der Waals surface area contributed by atoms with Gasteiger partial charge in [0.1, 0.15) is 5.82 Å². The Hall–Kier alpha value is -3.48. The van der Waals surface area contributed by atoms with Gasteiger partial charge in [0.25, 0.3) is 5.56 Å². The molecule has 3 heterocycles. The number of H-pyrrole nitrogens is 2. The summed E-state index contributed by atoms with van der Waals surface area (Å²) in [4.78, 5) is 35.5. The Balaban J connectivity index is 1.49. The van der Waals surface area contributed by atoms with Crippen molar-refractivity contribution >= 4 is 27.7 Å².